The number of carbonyl (C=O) groups excluding carboxylic acids is 1. The highest BCUT2D eigenvalue weighted by Gasteiger charge is 2.24. The molecule has 0 amide bonds. The lowest BCUT2D eigenvalue weighted by molar-refractivity contribution is -0.142. The summed E-state index contributed by atoms with van der Waals surface area (Å²) >= 11 is 3.28. The van der Waals surface area contributed by atoms with E-state index < -0.39 is 6.04 Å². The molecule has 1 aromatic rings. The zero-order chi connectivity index (χ0) is 13.0. The van der Waals surface area contributed by atoms with Crippen LogP contribution in [-0.2, 0) is 9.53 Å². The number of carbonyl (C=O) groups is 1. The van der Waals surface area contributed by atoms with Gasteiger partial charge in [-0.3, -0.25) is 0 Å². The van der Waals surface area contributed by atoms with Gasteiger partial charge in [-0.25, -0.2) is 9.78 Å². The molecule has 1 heterocycles. The summed E-state index contributed by atoms with van der Waals surface area (Å²) < 4.78 is 5.36. The fourth-order valence-electron chi connectivity index (χ4n) is 1.25. The summed E-state index contributed by atoms with van der Waals surface area (Å²) in [6.07, 6.45) is 1.53. The molecule has 0 spiro atoms. The average molecular weight is 303 g/mol. The molecule has 17 heavy (non-hydrogen) atoms. The van der Waals surface area contributed by atoms with E-state index in [4.69, 9.17) is 10.5 Å². The first kappa shape index (κ1) is 13.7. The Kier molecular flexibility index (Phi) is 4.68. The van der Waals surface area contributed by atoms with Gasteiger partial charge in [-0.1, -0.05) is 13.8 Å². The molecule has 1 aromatic heterocycles. The van der Waals surface area contributed by atoms with Gasteiger partial charge in [0.25, 0.3) is 0 Å². The Morgan fingerprint density at radius 3 is 2.76 bits per heavy atom. The van der Waals surface area contributed by atoms with Gasteiger partial charge in [-0.05, 0) is 21.8 Å². The van der Waals surface area contributed by atoms with E-state index >= 15 is 0 Å². The van der Waals surface area contributed by atoms with Crippen LogP contribution in [0.1, 0.15) is 13.8 Å². The molecule has 0 aliphatic carbocycles. The van der Waals surface area contributed by atoms with E-state index in [0.717, 1.165) is 0 Å². The van der Waals surface area contributed by atoms with E-state index in [2.05, 4.69) is 31.2 Å². The number of esters is 1. The van der Waals surface area contributed by atoms with Crippen LogP contribution < -0.4 is 11.1 Å². The molecule has 0 aromatic carbocycles. The minimum atomic E-state index is -0.481. The summed E-state index contributed by atoms with van der Waals surface area (Å²) in [7, 11) is 1.35. The molecule has 0 saturated heterocycles. The third-order valence-corrected chi connectivity index (χ3v) is 2.76. The van der Waals surface area contributed by atoms with Crippen molar-refractivity contribution >= 4 is 33.7 Å². The predicted octanol–water partition coefficient (Wildman–Crippen LogP) is 1.43. The Labute approximate surface area is 108 Å². The molecular formula is C10H15BrN4O2. The second kappa shape index (κ2) is 5.81. The SMILES string of the molecule is COC(=O)C(Nc1nc(N)ncc1Br)C(C)C. The highest BCUT2D eigenvalue weighted by molar-refractivity contribution is 9.10. The summed E-state index contributed by atoms with van der Waals surface area (Å²) in [5.74, 6) is 0.333. The van der Waals surface area contributed by atoms with Crippen molar-refractivity contribution in [2.75, 3.05) is 18.2 Å². The number of halogens is 1. The van der Waals surface area contributed by atoms with Gasteiger partial charge in [0.15, 0.2) is 0 Å². The average Bonchev–Trinajstić information content (AvgIpc) is 2.28. The maximum absolute atomic E-state index is 11.6. The third kappa shape index (κ3) is 3.55. The minimum absolute atomic E-state index is 0.0607. The molecular weight excluding hydrogens is 288 g/mol. The van der Waals surface area contributed by atoms with E-state index in [-0.39, 0.29) is 17.8 Å². The number of aromatic nitrogens is 2. The van der Waals surface area contributed by atoms with Gasteiger partial charge in [0, 0.05) is 6.20 Å². The van der Waals surface area contributed by atoms with Crippen molar-refractivity contribution in [1.82, 2.24) is 9.97 Å². The van der Waals surface area contributed by atoms with Crippen LogP contribution in [0.25, 0.3) is 0 Å². The molecule has 1 unspecified atom stereocenters. The highest BCUT2D eigenvalue weighted by atomic mass is 79.9. The second-order valence-electron chi connectivity index (χ2n) is 3.81. The van der Waals surface area contributed by atoms with Crippen LogP contribution in [0.5, 0.6) is 0 Å². The Bertz CT molecular complexity index is 411. The van der Waals surface area contributed by atoms with Gasteiger partial charge in [0.2, 0.25) is 5.95 Å². The van der Waals surface area contributed by atoms with Crippen LogP contribution in [0.4, 0.5) is 11.8 Å². The summed E-state index contributed by atoms with van der Waals surface area (Å²) in [6.45, 7) is 3.82. The zero-order valence-electron chi connectivity index (χ0n) is 9.90. The summed E-state index contributed by atoms with van der Waals surface area (Å²) in [4.78, 5) is 19.4. The third-order valence-electron chi connectivity index (χ3n) is 2.18. The lowest BCUT2D eigenvalue weighted by Gasteiger charge is -2.20. The monoisotopic (exact) mass is 302 g/mol. The number of nitrogen functional groups attached to an aromatic ring is 1. The van der Waals surface area contributed by atoms with Crippen LogP contribution in [0, 0.1) is 5.92 Å². The lowest BCUT2D eigenvalue weighted by atomic mass is 10.0. The smallest absolute Gasteiger partial charge is 0.328 e. The number of hydrogen-bond donors (Lipinski definition) is 2. The number of nitrogens with zero attached hydrogens (tertiary/aromatic N) is 2. The van der Waals surface area contributed by atoms with E-state index in [1.165, 1.54) is 13.3 Å². The molecule has 0 fully saturated rings. The van der Waals surface area contributed by atoms with Gasteiger partial charge in [0.1, 0.15) is 11.9 Å². The van der Waals surface area contributed by atoms with Crippen molar-refractivity contribution in [2.45, 2.75) is 19.9 Å². The fourth-order valence-corrected chi connectivity index (χ4v) is 1.56. The minimum Gasteiger partial charge on any atom is -0.467 e. The standard InChI is InChI=1S/C10H15BrN4O2/c1-5(2)7(9(16)17-3)14-8-6(11)4-13-10(12)15-8/h4-5,7H,1-3H3,(H3,12,13,14,15). The van der Waals surface area contributed by atoms with Gasteiger partial charge in [-0.15, -0.1) is 0 Å². The van der Waals surface area contributed by atoms with Crippen molar-refractivity contribution < 1.29 is 9.53 Å². The number of hydrogen-bond acceptors (Lipinski definition) is 6. The summed E-state index contributed by atoms with van der Waals surface area (Å²) in [5.41, 5.74) is 5.49. The van der Waals surface area contributed by atoms with E-state index in [9.17, 15) is 4.79 Å². The molecule has 0 aliphatic rings. The Morgan fingerprint density at radius 2 is 2.24 bits per heavy atom. The first-order chi connectivity index (χ1) is 7.95. The van der Waals surface area contributed by atoms with Gasteiger partial charge >= 0.3 is 5.97 Å². The van der Waals surface area contributed by atoms with E-state index in [0.29, 0.717) is 10.3 Å². The van der Waals surface area contributed by atoms with Crippen molar-refractivity contribution in [3.8, 4) is 0 Å². The normalized spacial score (nSPS) is 12.3. The molecule has 6 nitrogen and oxygen atoms in total. The molecule has 0 bridgehead atoms. The number of rotatable bonds is 4. The topological polar surface area (TPSA) is 90.1 Å². The highest BCUT2D eigenvalue weighted by Crippen LogP contribution is 2.21. The van der Waals surface area contributed by atoms with Crippen LogP contribution in [0.15, 0.2) is 10.7 Å². The van der Waals surface area contributed by atoms with E-state index in [1.807, 2.05) is 13.8 Å². The number of nitrogens with one attached hydrogen (secondary N) is 1. The first-order valence-electron chi connectivity index (χ1n) is 5.08. The summed E-state index contributed by atoms with van der Waals surface area (Å²) in [5, 5.41) is 2.99. The Morgan fingerprint density at radius 1 is 1.59 bits per heavy atom. The van der Waals surface area contributed by atoms with Crippen LogP contribution in [0.3, 0.4) is 0 Å². The molecule has 0 saturated carbocycles. The number of nitrogens with two attached hydrogens (primary N) is 1. The molecule has 94 valence electrons. The van der Waals surface area contributed by atoms with Crippen molar-refractivity contribution in [1.29, 1.82) is 0 Å². The van der Waals surface area contributed by atoms with Gasteiger partial charge in [-0.2, -0.15) is 4.98 Å². The molecule has 0 aliphatic heterocycles. The van der Waals surface area contributed by atoms with Crippen LogP contribution in [-0.4, -0.2) is 29.1 Å². The van der Waals surface area contributed by atoms with Crippen LogP contribution in [0.2, 0.25) is 0 Å². The maximum Gasteiger partial charge on any atom is 0.328 e. The fraction of sp³-hybridized carbons (Fsp3) is 0.500. The molecule has 0 radical (unpaired) electrons. The number of anilines is 2. The molecule has 7 heteroatoms. The Balaban J connectivity index is 2.93. The van der Waals surface area contributed by atoms with Crippen molar-refractivity contribution in [2.24, 2.45) is 5.92 Å². The predicted molar refractivity (Wildman–Crippen MR) is 68.4 cm³/mol. The van der Waals surface area contributed by atoms with Crippen LogP contribution >= 0.6 is 15.9 Å². The largest absolute Gasteiger partial charge is 0.467 e. The Hall–Kier alpha value is -1.37. The second-order valence-corrected chi connectivity index (χ2v) is 4.67. The maximum atomic E-state index is 11.6. The van der Waals surface area contributed by atoms with Crippen molar-refractivity contribution in [3.05, 3.63) is 10.7 Å². The zero-order valence-corrected chi connectivity index (χ0v) is 11.5. The number of ether oxygens (including phenoxy) is 1. The van der Waals surface area contributed by atoms with Gasteiger partial charge in [0.05, 0.1) is 11.6 Å². The quantitative estimate of drug-likeness (QED) is 0.818. The van der Waals surface area contributed by atoms with E-state index in [1.54, 1.807) is 0 Å². The molecule has 1 rings (SSSR count). The summed E-state index contributed by atoms with van der Waals surface area (Å²) in [6, 6.07) is -0.481. The molecule has 3 N–H and O–H groups in total. The number of methoxy groups -OCH3 is 1. The lowest BCUT2D eigenvalue weighted by Crippen LogP contribution is -2.36. The van der Waals surface area contributed by atoms with Crippen molar-refractivity contribution in [3.63, 3.8) is 0 Å². The first-order valence-corrected chi connectivity index (χ1v) is 5.87. The van der Waals surface area contributed by atoms with Gasteiger partial charge < -0.3 is 15.8 Å². The molecule has 1 atom stereocenters.